The van der Waals surface area contributed by atoms with Crippen LogP contribution in [0.1, 0.15) is 30.1 Å². The van der Waals surface area contributed by atoms with Crippen LogP contribution in [0.3, 0.4) is 0 Å². The van der Waals surface area contributed by atoms with Crippen molar-refractivity contribution in [3.63, 3.8) is 0 Å². The van der Waals surface area contributed by atoms with Gasteiger partial charge in [0, 0.05) is 45.1 Å². The number of nitrogen functional groups attached to an aromatic ring is 1. The van der Waals surface area contributed by atoms with Crippen LogP contribution in [0.15, 0.2) is 36.5 Å². The smallest absolute Gasteiger partial charge is 0.255 e. The molecule has 0 radical (unpaired) electrons. The number of ether oxygens (including phenoxy) is 2. The lowest BCUT2D eigenvalue weighted by atomic mass is 9.83. The molecule has 4 rings (SSSR count). The van der Waals surface area contributed by atoms with E-state index in [-0.39, 0.29) is 5.91 Å². The van der Waals surface area contributed by atoms with Crippen molar-refractivity contribution < 1.29 is 14.3 Å². The largest absolute Gasteiger partial charge is 0.497 e. The maximum atomic E-state index is 12.8. The topological polar surface area (TPSA) is 80.9 Å². The maximum absolute atomic E-state index is 12.8. The Hall–Kier alpha value is -2.80. The standard InChI is InChI=1S/C21H26N4O3/c1-24(2)20(26)19-16-13-15(27-3)4-5-17(16)21(28-19)7-10-25(11-8-21)18-12-14(22)6-9-23-18/h4-6,9,12-13,19H,7-8,10-11H2,1-3H3,(H2,22,23). The average molecular weight is 382 g/mol. The van der Waals surface area contributed by atoms with Crippen molar-refractivity contribution in [2.24, 2.45) is 0 Å². The second kappa shape index (κ2) is 6.98. The zero-order valence-corrected chi connectivity index (χ0v) is 16.5. The molecule has 1 atom stereocenters. The number of aromatic nitrogens is 1. The predicted molar refractivity (Wildman–Crippen MR) is 107 cm³/mol. The minimum absolute atomic E-state index is 0.0497. The SMILES string of the molecule is COc1ccc2c(c1)C(C(=O)N(C)C)OC21CCN(c2cc(N)ccn2)CC1. The van der Waals surface area contributed by atoms with Gasteiger partial charge in [-0.25, -0.2) is 4.98 Å². The molecule has 0 aliphatic carbocycles. The van der Waals surface area contributed by atoms with E-state index in [1.807, 2.05) is 24.3 Å². The van der Waals surface area contributed by atoms with Crippen molar-refractivity contribution in [2.75, 3.05) is 44.9 Å². The van der Waals surface area contributed by atoms with Gasteiger partial charge in [0.2, 0.25) is 0 Å². The predicted octanol–water partition coefficient (Wildman–Crippen LogP) is 2.33. The number of anilines is 2. The summed E-state index contributed by atoms with van der Waals surface area (Å²) in [5, 5.41) is 0. The zero-order valence-electron chi connectivity index (χ0n) is 16.5. The van der Waals surface area contributed by atoms with Gasteiger partial charge < -0.3 is 25.0 Å². The van der Waals surface area contributed by atoms with E-state index < -0.39 is 11.7 Å². The van der Waals surface area contributed by atoms with E-state index in [4.69, 9.17) is 15.2 Å². The zero-order chi connectivity index (χ0) is 19.9. The first-order valence-electron chi connectivity index (χ1n) is 9.47. The third-order valence-electron chi connectivity index (χ3n) is 5.71. The molecule has 1 amide bonds. The maximum Gasteiger partial charge on any atom is 0.255 e. The second-order valence-corrected chi connectivity index (χ2v) is 7.61. The van der Waals surface area contributed by atoms with Crippen molar-refractivity contribution in [3.8, 4) is 5.75 Å². The first-order chi connectivity index (χ1) is 13.4. The molecule has 2 aromatic rings. The molecule has 1 aromatic heterocycles. The van der Waals surface area contributed by atoms with Gasteiger partial charge in [0.15, 0.2) is 6.10 Å². The van der Waals surface area contributed by atoms with Crippen molar-refractivity contribution in [1.82, 2.24) is 9.88 Å². The highest BCUT2D eigenvalue weighted by Crippen LogP contribution is 2.50. The number of methoxy groups -OCH3 is 1. The van der Waals surface area contributed by atoms with Crippen molar-refractivity contribution in [2.45, 2.75) is 24.5 Å². The number of fused-ring (bicyclic) bond motifs is 2. The highest BCUT2D eigenvalue weighted by molar-refractivity contribution is 5.83. The molecule has 28 heavy (non-hydrogen) atoms. The van der Waals surface area contributed by atoms with E-state index >= 15 is 0 Å². The van der Waals surface area contributed by atoms with E-state index in [1.54, 1.807) is 38.4 Å². The number of piperidine rings is 1. The van der Waals surface area contributed by atoms with Crippen LogP contribution >= 0.6 is 0 Å². The fraction of sp³-hybridized carbons (Fsp3) is 0.429. The number of carbonyl (C=O) groups is 1. The fourth-order valence-electron chi connectivity index (χ4n) is 4.16. The molecule has 148 valence electrons. The van der Waals surface area contributed by atoms with Gasteiger partial charge in [-0.05, 0) is 42.2 Å². The molecule has 3 heterocycles. The number of nitrogens with two attached hydrogens (primary N) is 1. The summed E-state index contributed by atoms with van der Waals surface area (Å²) in [5.74, 6) is 1.56. The molecule has 1 unspecified atom stereocenters. The minimum atomic E-state index is -0.600. The third-order valence-corrected chi connectivity index (χ3v) is 5.71. The van der Waals surface area contributed by atoms with Gasteiger partial charge in [-0.2, -0.15) is 0 Å². The Bertz CT molecular complexity index is 891. The molecule has 2 aliphatic heterocycles. The van der Waals surface area contributed by atoms with E-state index in [0.717, 1.165) is 48.6 Å². The van der Waals surface area contributed by atoms with Gasteiger partial charge >= 0.3 is 0 Å². The lowest BCUT2D eigenvalue weighted by molar-refractivity contribution is -0.154. The van der Waals surface area contributed by atoms with Crippen LogP contribution in [0.4, 0.5) is 11.5 Å². The number of pyridine rings is 1. The molecule has 0 bridgehead atoms. The number of benzene rings is 1. The van der Waals surface area contributed by atoms with Gasteiger partial charge in [-0.15, -0.1) is 0 Å². The van der Waals surface area contributed by atoms with Gasteiger partial charge in [-0.1, -0.05) is 6.07 Å². The van der Waals surface area contributed by atoms with Crippen LogP contribution in [0, 0.1) is 0 Å². The molecule has 7 heteroatoms. The lowest BCUT2D eigenvalue weighted by Crippen LogP contribution is -2.43. The van der Waals surface area contributed by atoms with Crippen molar-refractivity contribution in [3.05, 3.63) is 47.7 Å². The van der Waals surface area contributed by atoms with E-state index in [2.05, 4.69) is 9.88 Å². The molecule has 2 N–H and O–H groups in total. The Labute approximate surface area is 165 Å². The van der Waals surface area contributed by atoms with E-state index in [1.165, 1.54) is 0 Å². The number of carbonyl (C=O) groups excluding carboxylic acids is 1. The normalized spacial score (nSPS) is 20.1. The fourth-order valence-corrected chi connectivity index (χ4v) is 4.16. The summed E-state index contributed by atoms with van der Waals surface area (Å²) in [4.78, 5) is 21.0. The first kappa shape index (κ1) is 18.6. The van der Waals surface area contributed by atoms with Crippen LogP contribution in [0.5, 0.6) is 5.75 Å². The number of amides is 1. The molecule has 1 aromatic carbocycles. The Balaban J connectivity index is 1.63. The van der Waals surface area contributed by atoms with Gasteiger partial charge in [0.25, 0.3) is 5.91 Å². The van der Waals surface area contributed by atoms with E-state index in [0.29, 0.717) is 5.69 Å². The summed E-state index contributed by atoms with van der Waals surface area (Å²) >= 11 is 0. The minimum Gasteiger partial charge on any atom is -0.497 e. The number of hydrogen-bond acceptors (Lipinski definition) is 6. The van der Waals surface area contributed by atoms with Crippen molar-refractivity contribution in [1.29, 1.82) is 0 Å². The van der Waals surface area contributed by atoms with Crippen LogP contribution in [0.2, 0.25) is 0 Å². The Morgan fingerprint density at radius 3 is 2.68 bits per heavy atom. The Morgan fingerprint density at radius 2 is 2.04 bits per heavy atom. The summed E-state index contributed by atoms with van der Waals surface area (Å²) in [6.07, 6.45) is 2.69. The second-order valence-electron chi connectivity index (χ2n) is 7.61. The lowest BCUT2D eigenvalue weighted by Gasteiger charge is -2.40. The van der Waals surface area contributed by atoms with Gasteiger partial charge in [-0.3, -0.25) is 4.79 Å². The molecule has 1 fully saturated rings. The number of likely N-dealkylation sites (N-methyl/N-ethyl adjacent to an activating group) is 1. The number of nitrogens with zero attached hydrogens (tertiary/aromatic N) is 3. The quantitative estimate of drug-likeness (QED) is 0.878. The van der Waals surface area contributed by atoms with Crippen molar-refractivity contribution >= 4 is 17.4 Å². The summed E-state index contributed by atoms with van der Waals surface area (Å²) in [7, 11) is 5.14. The van der Waals surface area contributed by atoms with Crippen LogP contribution in [-0.4, -0.2) is 50.1 Å². The average Bonchev–Trinajstić information content (AvgIpc) is 3.01. The Morgan fingerprint density at radius 1 is 1.29 bits per heavy atom. The number of hydrogen-bond donors (Lipinski definition) is 1. The highest BCUT2D eigenvalue weighted by Gasteiger charge is 2.49. The number of rotatable bonds is 3. The summed E-state index contributed by atoms with van der Waals surface area (Å²) < 4.78 is 11.9. The highest BCUT2D eigenvalue weighted by atomic mass is 16.5. The van der Waals surface area contributed by atoms with Crippen LogP contribution in [0.25, 0.3) is 0 Å². The molecular formula is C21H26N4O3. The third kappa shape index (κ3) is 3.05. The summed E-state index contributed by atoms with van der Waals surface area (Å²) in [6.45, 7) is 1.57. The molecule has 1 saturated heterocycles. The molecule has 2 aliphatic rings. The van der Waals surface area contributed by atoms with Crippen LogP contribution in [-0.2, 0) is 15.1 Å². The van der Waals surface area contributed by atoms with E-state index in [9.17, 15) is 4.79 Å². The van der Waals surface area contributed by atoms with Crippen LogP contribution < -0.4 is 15.4 Å². The van der Waals surface area contributed by atoms with Gasteiger partial charge in [0.05, 0.1) is 12.7 Å². The summed E-state index contributed by atoms with van der Waals surface area (Å²) in [6, 6.07) is 9.60. The summed E-state index contributed by atoms with van der Waals surface area (Å²) in [5.41, 5.74) is 8.15. The monoisotopic (exact) mass is 382 g/mol. The van der Waals surface area contributed by atoms with Gasteiger partial charge in [0.1, 0.15) is 11.6 Å². The molecule has 7 nitrogen and oxygen atoms in total. The molecule has 0 saturated carbocycles. The first-order valence-corrected chi connectivity index (χ1v) is 9.47. The molecule has 1 spiro atoms. The Kier molecular flexibility index (Phi) is 4.63. The molecular weight excluding hydrogens is 356 g/mol.